The number of carbonyl (C=O) groups is 1. The van der Waals surface area contributed by atoms with Crippen LogP contribution in [0.3, 0.4) is 0 Å². The third-order valence-electron chi connectivity index (χ3n) is 3.97. The third-order valence-corrected chi connectivity index (χ3v) is 3.97. The molecule has 0 unspecified atom stereocenters. The van der Waals surface area contributed by atoms with Gasteiger partial charge in [0.1, 0.15) is 5.69 Å². The lowest BCUT2D eigenvalue weighted by Crippen LogP contribution is -2.15. The minimum atomic E-state index is 0.0561. The first-order chi connectivity index (χ1) is 9.27. The molecule has 0 atom stereocenters. The summed E-state index contributed by atoms with van der Waals surface area (Å²) in [6, 6.07) is 11.8. The van der Waals surface area contributed by atoms with Gasteiger partial charge < -0.3 is 0 Å². The van der Waals surface area contributed by atoms with E-state index in [0.717, 1.165) is 11.1 Å². The molecular weight excluding hydrogens is 234 g/mol. The molecule has 0 N–H and O–H groups in total. The number of aryl methyl sites for hydroxylation is 1. The molecule has 1 fully saturated rings. The van der Waals surface area contributed by atoms with Crippen LogP contribution in [0.2, 0.25) is 0 Å². The predicted molar refractivity (Wildman–Crippen MR) is 75.4 cm³/mol. The minimum absolute atomic E-state index is 0.0561. The number of carbonyl (C=O) groups excluding carboxylic acids is 1. The number of hydrogen-bond acceptors (Lipinski definition) is 2. The van der Waals surface area contributed by atoms with Gasteiger partial charge in [-0.15, -0.1) is 0 Å². The van der Waals surface area contributed by atoms with Gasteiger partial charge in [0.15, 0.2) is 0 Å². The Bertz CT molecular complexity index is 614. The van der Waals surface area contributed by atoms with E-state index in [1.54, 1.807) is 6.20 Å². The third kappa shape index (κ3) is 2.19. The second-order valence-corrected chi connectivity index (χ2v) is 5.21. The molecule has 1 aliphatic carbocycles. The normalized spacial score (nSPS) is 15.0. The summed E-state index contributed by atoms with van der Waals surface area (Å²) in [5, 5.41) is 0. The zero-order valence-electron chi connectivity index (χ0n) is 11.1. The monoisotopic (exact) mass is 251 g/mol. The summed E-state index contributed by atoms with van der Waals surface area (Å²) in [5.74, 6) is 0.616. The van der Waals surface area contributed by atoms with Gasteiger partial charge in [0.2, 0.25) is 5.78 Å². The lowest BCUT2D eigenvalue weighted by Gasteiger charge is -2.27. The van der Waals surface area contributed by atoms with E-state index in [4.69, 9.17) is 0 Å². The summed E-state index contributed by atoms with van der Waals surface area (Å²) in [6.07, 6.45) is 5.36. The Morgan fingerprint density at radius 3 is 2.63 bits per heavy atom. The number of hydrogen-bond donors (Lipinski definition) is 0. The molecule has 1 aromatic heterocycles. The summed E-state index contributed by atoms with van der Waals surface area (Å²) in [4.78, 5) is 16.9. The average Bonchev–Trinajstić information content (AvgIpc) is 2.37. The lowest BCUT2D eigenvalue weighted by molar-refractivity contribution is 0.103. The molecule has 2 nitrogen and oxygen atoms in total. The summed E-state index contributed by atoms with van der Waals surface area (Å²) in [5.41, 5.74) is 3.54. The van der Waals surface area contributed by atoms with E-state index in [-0.39, 0.29) is 5.78 Å². The Kier molecular flexibility index (Phi) is 3.16. The molecule has 1 saturated carbocycles. The van der Waals surface area contributed by atoms with Crippen molar-refractivity contribution in [2.45, 2.75) is 32.1 Å². The smallest absolute Gasteiger partial charge is 0.211 e. The van der Waals surface area contributed by atoms with Crippen LogP contribution in [0.15, 0.2) is 42.6 Å². The molecule has 1 aliphatic rings. The molecule has 19 heavy (non-hydrogen) atoms. The molecule has 0 radical (unpaired) electrons. The highest BCUT2D eigenvalue weighted by Crippen LogP contribution is 2.38. The summed E-state index contributed by atoms with van der Waals surface area (Å²) in [6.45, 7) is 1.94. The van der Waals surface area contributed by atoms with Crippen LogP contribution >= 0.6 is 0 Å². The second-order valence-electron chi connectivity index (χ2n) is 5.21. The summed E-state index contributed by atoms with van der Waals surface area (Å²) in [7, 11) is 0. The molecule has 0 aliphatic heterocycles. The zero-order valence-corrected chi connectivity index (χ0v) is 11.1. The van der Waals surface area contributed by atoms with Gasteiger partial charge in [-0.3, -0.25) is 9.78 Å². The second kappa shape index (κ2) is 4.96. The largest absolute Gasteiger partial charge is 0.287 e. The Morgan fingerprint density at radius 1 is 1.16 bits per heavy atom. The van der Waals surface area contributed by atoms with Gasteiger partial charge in [0.25, 0.3) is 0 Å². The Morgan fingerprint density at radius 2 is 1.95 bits per heavy atom. The van der Waals surface area contributed by atoms with Crippen LogP contribution < -0.4 is 0 Å². The number of benzene rings is 1. The Balaban J connectivity index is 2.02. The maximum Gasteiger partial charge on any atom is 0.211 e. The molecule has 1 heterocycles. The van der Waals surface area contributed by atoms with E-state index in [1.165, 1.54) is 24.8 Å². The van der Waals surface area contributed by atoms with E-state index >= 15 is 0 Å². The van der Waals surface area contributed by atoms with Gasteiger partial charge in [0.05, 0.1) is 0 Å². The molecule has 0 spiro atoms. The van der Waals surface area contributed by atoms with Gasteiger partial charge in [-0.25, -0.2) is 0 Å². The fraction of sp³-hybridized carbons (Fsp3) is 0.294. The summed E-state index contributed by atoms with van der Waals surface area (Å²) >= 11 is 0. The molecule has 2 heteroatoms. The van der Waals surface area contributed by atoms with E-state index in [0.29, 0.717) is 11.6 Å². The number of pyridine rings is 1. The van der Waals surface area contributed by atoms with E-state index < -0.39 is 0 Å². The quantitative estimate of drug-likeness (QED) is 0.775. The fourth-order valence-electron chi connectivity index (χ4n) is 2.63. The Labute approximate surface area is 113 Å². The van der Waals surface area contributed by atoms with Crippen LogP contribution in [0, 0.1) is 6.92 Å². The van der Waals surface area contributed by atoms with E-state index in [9.17, 15) is 4.79 Å². The number of rotatable bonds is 3. The highest BCUT2D eigenvalue weighted by Gasteiger charge is 2.25. The maximum absolute atomic E-state index is 12.7. The van der Waals surface area contributed by atoms with E-state index in [1.807, 2.05) is 37.3 Å². The van der Waals surface area contributed by atoms with Crippen molar-refractivity contribution in [3.8, 4) is 0 Å². The van der Waals surface area contributed by atoms with Crippen LogP contribution in [0.5, 0.6) is 0 Å². The van der Waals surface area contributed by atoms with Crippen LogP contribution in [-0.2, 0) is 0 Å². The van der Waals surface area contributed by atoms with Crippen LogP contribution in [0.4, 0.5) is 0 Å². The molecular formula is C17H17NO. The number of aromatic nitrogens is 1. The highest BCUT2D eigenvalue weighted by molar-refractivity contribution is 6.09. The van der Waals surface area contributed by atoms with Crippen molar-refractivity contribution in [1.29, 1.82) is 0 Å². The first-order valence-electron chi connectivity index (χ1n) is 6.82. The van der Waals surface area contributed by atoms with Crippen molar-refractivity contribution in [1.82, 2.24) is 4.98 Å². The van der Waals surface area contributed by atoms with Gasteiger partial charge in [0, 0.05) is 11.8 Å². The maximum atomic E-state index is 12.7. The fourth-order valence-corrected chi connectivity index (χ4v) is 2.63. The van der Waals surface area contributed by atoms with Gasteiger partial charge in [-0.1, -0.05) is 36.8 Å². The van der Waals surface area contributed by atoms with Crippen LogP contribution in [-0.4, -0.2) is 10.8 Å². The van der Waals surface area contributed by atoms with Gasteiger partial charge in [-0.2, -0.15) is 0 Å². The highest BCUT2D eigenvalue weighted by atomic mass is 16.1. The van der Waals surface area contributed by atoms with Crippen molar-refractivity contribution < 1.29 is 4.79 Å². The molecule has 0 saturated heterocycles. The minimum Gasteiger partial charge on any atom is -0.287 e. The predicted octanol–water partition coefficient (Wildman–Crippen LogP) is 3.89. The lowest BCUT2D eigenvalue weighted by atomic mass is 9.77. The van der Waals surface area contributed by atoms with Crippen molar-refractivity contribution in [2.75, 3.05) is 0 Å². The average molecular weight is 251 g/mol. The first-order valence-corrected chi connectivity index (χ1v) is 6.82. The standard InChI is InChI=1S/C17H17NO/c1-12-6-5-11-18-16(12)17(19)15-10-3-2-9-14(15)13-7-4-8-13/h2-3,5-6,9-11,13H,4,7-8H2,1H3. The van der Waals surface area contributed by atoms with Crippen molar-refractivity contribution in [3.63, 3.8) is 0 Å². The molecule has 1 aromatic carbocycles. The zero-order chi connectivity index (χ0) is 13.2. The van der Waals surface area contributed by atoms with Crippen LogP contribution in [0.25, 0.3) is 0 Å². The molecule has 3 rings (SSSR count). The summed E-state index contributed by atoms with van der Waals surface area (Å²) < 4.78 is 0. The van der Waals surface area contributed by atoms with Crippen molar-refractivity contribution >= 4 is 5.78 Å². The first kappa shape index (κ1) is 12.1. The van der Waals surface area contributed by atoms with Crippen LogP contribution in [0.1, 0.15) is 52.4 Å². The number of nitrogens with zero attached hydrogens (tertiary/aromatic N) is 1. The molecule has 96 valence electrons. The molecule has 2 aromatic rings. The van der Waals surface area contributed by atoms with E-state index in [2.05, 4.69) is 11.1 Å². The van der Waals surface area contributed by atoms with Crippen molar-refractivity contribution in [3.05, 3.63) is 65.0 Å². The number of ketones is 1. The molecule has 0 bridgehead atoms. The van der Waals surface area contributed by atoms with Gasteiger partial charge in [-0.05, 0) is 42.9 Å². The Hall–Kier alpha value is -1.96. The van der Waals surface area contributed by atoms with Gasteiger partial charge >= 0.3 is 0 Å². The molecule has 0 amide bonds. The van der Waals surface area contributed by atoms with Crippen molar-refractivity contribution in [2.24, 2.45) is 0 Å². The SMILES string of the molecule is Cc1cccnc1C(=O)c1ccccc1C1CCC1. The topological polar surface area (TPSA) is 30.0 Å².